The van der Waals surface area contributed by atoms with Crippen molar-refractivity contribution in [2.75, 3.05) is 79.3 Å². The fourth-order valence-electron chi connectivity index (χ4n) is 9.71. The minimum atomic E-state index is -4.19. The number of phosphoric ester groups is 3. The third-order valence-corrected chi connectivity index (χ3v) is 18.3. The van der Waals surface area contributed by atoms with Crippen molar-refractivity contribution >= 4 is 40.8 Å². The SMILES string of the molecule is O=P([O-])(OCCCCCCOCc1ccccc1)OCCCCCCOCc1ccccc1.O=P([O-])(OCCCCCCOCc1ccccc1)OCCCCCCOCc1ccccc1.O=P([O-])(OCCCCCCOCc1ccccc1)OCCCCCCOCc1ccccc1.[Al+3]. The maximum atomic E-state index is 11.8. The average molecular weight is 1460 g/mol. The van der Waals surface area contributed by atoms with E-state index < -0.39 is 23.5 Å². The number of hydrogen-bond donors (Lipinski definition) is 0. The van der Waals surface area contributed by atoms with E-state index in [2.05, 4.69) is 0 Å². The number of unbranched alkanes of at least 4 members (excludes halogenated alkanes) is 18. The molecule has 100 heavy (non-hydrogen) atoms. The molecule has 0 fully saturated rings. The van der Waals surface area contributed by atoms with Crippen LogP contribution in [0.5, 0.6) is 0 Å². The normalized spacial score (nSPS) is 11.6. The quantitative estimate of drug-likeness (QED) is 0.0196. The van der Waals surface area contributed by atoms with Crippen molar-refractivity contribution in [3.05, 3.63) is 215 Å². The van der Waals surface area contributed by atoms with Gasteiger partial charge in [-0.2, -0.15) is 0 Å². The number of hydrogen-bond acceptors (Lipinski definition) is 18. The first-order valence-electron chi connectivity index (χ1n) is 36.0. The molecule has 0 aliphatic carbocycles. The Balaban J connectivity index is 0.000000388. The van der Waals surface area contributed by atoms with Crippen molar-refractivity contribution < 1.29 is 83.9 Å². The molecule has 0 aromatic heterocycles. The molecule has 0 saturated carbocycles. The summed E-state index contributed by atoms with van der Waals surface area (Å²) in [5, 5.41) is 0. The molecule has 18 nitrogen and oxygen atoms in total. The number of phosphoric acid groups is 3. The van der Waals surface area contributed by atoms with Crippen molar-refractivity contribution in [2.45, 2.75) is 194 Å². The molecular weight excluding hydrogens is 1340 g/mol. The summed E-state index contributed by atoms with van der Waals surface area (Å²) >= 11 is 0. The van der Waals surface area contributed by atoms with E-state index in [0.29, 0.717) is 118 Å². The van der Waals surface area contributed by atoms with E-state index >= 15 is 0 Å². The predicted molar refractivity (Wildman–Crippen MR) is 392 cm³/mol. The summed E-state index contributed by atoms with van der Waals surface area (Å²) in [7, 11) is -12.6. The largest absolute Gasteiger partial charge is 3.00 e. The topological polar surface area (TPSA) is 231 Å². The summed E-state index contributed by atoms with van der Waals surface area (Å²) < 4.78 is 98.9. The van der Waals surface area contributed by atoms with E-state index in [4.69, 9.17) is 55.6 Å². The summed E-state index contributed by atoms with van der Waals surface area (Å²) in [5.41, 5.74) is 7.03. The first-order chi connectivity index (χ1) is 48.5. The van der Waals surface area contributed by atoms with Gasteiger partial charge < -0.3 is 70.2 Å². The van der Waals surface area contributed by atoms with E-state index in [1.54, 1.807) is 0 Å². The van der Waals surface area contributed by atoms with Crippen molar-refractivity contribution in [2.24, 2.45) is 0 Å². The van der Waals surface area contributed by atoms with Gasteiger partial charge in [0.15, 0.2) is 0 Å². The predicted octanol–water partition coefficient (Wildman–Crippen LogP) is 17.7. The molecule has 0 aliphatic heterocycles. The van der Waals surface area contributed by atoms with E-state index in [0.717, 1.165) is 116 Å². The van der Waals surface area contributed by atoms with Gasteiger partial charge in [0.2, 0.25) is 0 Å². The smallest absolute Gasteiger partial charge is 0.756 e. The molecule has 0 unspecified atom stereocenters. The van der Waals surface area contributed by atoms with Gasteiger partial charge >= 0.3 is 17.4 Å². The standard InChI is InChI=1S/3C26H39O6P.Al/c3*27-33(28,31-21-13-3-1-11-19-29-23-25-15-7-5-8-16-25)32-22-14-4-2-12-20-30-24-26-17-9-6-10-18-26;/h3*5-10,15-18H,1-4,11-14,19-24H2,(H,27,28);/q;;;+3/p-3. The molecule has 6 rings (SSSR count). The summed E-state index contributed by atoms with van der Waals surface area (Å²) in [6, 6.07) is 60.5. The zero-order valence-corrected chi connectivity index (χ0v) is 63.1. The Kier molecular flexibility index (Phi) is 56.2. The Morgan fingerprint density at radius 2 is 0.310 bits per heavy atom. The average Bonchev–Trinajstić information content (AvgIpc) is 2.18. The van der Waals surface area contributed by atoms with E-state index in [9.17, 15) is 28.4 Å². The minimum absolute atomic E-state index is 0. The molecule has 0 bridgehead atoms. The zero-order chi connectivity index (χ0) is 70.4. The third kappa shape index (κ3) is 54.6. The fraction of sp³-hybridized carbons (Fsp3) is 0.538. The zero-order valence-electron chi connectivity index (χ0n) is 59.3. The van der Waals surface area contributed by atoms with E-state index in [-0.39, 0.29) is 57.0 Å². The molecule has 0 atom stereocenters. The Morgan fingerprint density at radius 1 is 0.190 bits per heavy atom. The number of ether oxygens (including phenoxy) is 6. The maximum absolute atomic E-state index is 11.8. The van der Waals surface area contributed by atoms with Crippen LogP contribution in [0.3, 0.4) is 0 Å². The van der Waals surface area contributed by atoms with Gasteiger partial charge in [0.25, 0.3) is 23.5 Å². The van der Waals surface area contributed by atoms with Gasteiger partial charge in [0.1, 0.15) is 0 Å². The molecule has 0 radical (unpaired) electrons. The van der Waals surface area contributed by atoms with Gasteiger partial charge in [-0.1, -0.05) is 259 Å². The first kappa shape index (κ1) is 90.2. The molecule has 0 spiro atoms. The second kappa shape index (κ2) is 62.3. The first-order valence-corrected chi connectivity index (χ1v) is 40.4. The fourth-order valence-corrected chi connectivity index (χ4v) is 12.1. The molecule has 0 N–H and O–H groups in total. The van der Waals surface area contributed by atoms with Crippen LogP contribution in [0.25, 0.3) is 0 Å². The third-order valence-electron chi connectivity index (χ3n) is 15.3. The van der Waals surface area contributed by atoms with Crippen molar-refractivity contribution in [1.82, 2.24) is 0 Å². The number of benzene rings is 6. The Labute approximate surface area is 609 Å². The van der Waals surface area contributed by atoms with Crippen LogP contribution in [0.1, 0.15) is 187 Å². The van der Waals surface area contributed by atoms with Crippen LogP contribution in [0.2, 0.25) is 0 Å². The molecular formula is C78H114AlO18P3. The van der Waals surface area contributed by atoms with Crippen molar-refractivity contribution in [1.29, 1.82) is 0 Å². The molecule has 6 aromatic rings. The van der Waals surface area contributed by atoms with Crippen LogP contribution in [-0.2, 0) is 109 Å². The van der Waals surface area contributed by atoms with Crippen LogP contribution in [0, 0.1) is 0 Å². The van der Waals surface area contributed by atoms with Gasteiger partial charge in [-0.05, 0) is 110 Å². The van der Waals surface area contributed by atoms with Crippen LogP contribution in [-0.4, -0.2) is 96.6 Å². The maximum Gasteiger partial charge on any atom is 3.00 e. The number of rotatable bonds is 60. The summed E-state index contributed by atoms with van der Waals surface area (Å²) in [5.74, 6) is 0. The molecule has 0 saturated heterocycles. The van der Waals surface area contributed by atoms with Gasteiger partial charge in [-0.3, -0.25) is 13.7 Å². The van der Waals surface area contributed by atoms with E-state index in [1.165, 1.54) is 33.4 Å². The van der Waals surface area contributed by atoms with Gasteiger partial charge in [-0.25, -0.2) is 0 Å². The summed E-state index contributed by atoms with van der Waals surface area (Å²) in [4.78, 5) is 35.4. The van der Waals surface area contributed by atoms with Crippen LogP contribution < -0.4 is 14.7 Å². The molecule has 22 heteroatoms. The molecule has 552 valence electrons. The van der Waals surface area contributed by atoms with Gasteiger partial charge in [-0.15, -0.1) is 0 Å². The Hall–Kier alpha value is -4.06. The van der Waals surface area contributed by atoms with Crippen LogP contribution in [0.15, 0.2) is 182 Å². The monoisotopic (exact) mass is 1460 g/mol. The Morgan fingerprint density at radius 3 is 0.440 bits per heavy atom. The van der Waals surface area contributed by atoms with Crippen molar-refractivity contribution in [3.8, 4) is 0 Å². The Bertz CT molecular complexity index is 2400. The second-order valence-electron chi connectivity index (χ2n) is 24.1. The second-order valence-corrected chi connectivity index (χ2v) is 28.3. The van der Waals surface area contributed by atoms with Gasteiger partial charge in [0, 0.05) is 39.6 Å². The summed E-state index contributed by atoms with van der Waals surface area (Å²) in [6.07, 6.45) is 21.2. The van der Waals surface area contributed by atoms with Crippen LogP contribution in [0.4, 0.5) is 0 Å². The minimum Gasteiger partial charge on any atom is -0.756 e. The molecule has 0 heterocycles. The molecule has 0 aliphatic rings. The van der Waals surface area contributed by atoms with Gasteiger partial charge in [0.05, 0.1) is 79.3 Å². The van der Waals surface area contributed by atoms with Crippen molar-refractivity contribution in [3.63, 3.8) is 0 Å². The molecule has 6 aromatic carbocycles. The molecule has 0 amide bonds. The summed E-state index contributed by atoms with van der Waals surface area (Å²) in [6.45, 7) is 9.03. The van der Waals surface area contributed by atoms with Crippen LogP contribution >= 0.6 is 23.5 Å². The van der Waals surface area contributed by atoms with E-state index in [1.807, 2.05) is 182 Å².